The number of primary amides is 1. The lowest BCUT2D eigenvalue weighted by Crippen LogP contribution is -2.74. The molecule has 0 spiro atoms. The summed E-state index contributed by atoms with van der Waals surface area (Å²) < 4.78 is 6.03. The van der Waals surface area contributed by atoms with Gasteiger partial charge in [0.1, 0.15) is 17.3 Å². The number of likely N-dealkylation sites (N-methyl/N-ethyl adjacent to an activating group) is 1. The Labute approximate surface area is 230 Å². The highest BCUT2D eigenvalue weighted by molar-refractivity contribution is 6.32. The first-order valence-corrected chi connectivity index (χ1v) is 13.3. The van der Waals surface area contributed by atoms with Gasteiger partial charge in [0.2, 0.25) is 5.91 Å². The average Bonchev–Trinajstić information content (AvgIpc) is 3.33. The maximum Gasteiger partial charge on any atom is 0.235 e. The largest absolute Gasteiger partial charge is 0.507 e. The summed E-state index contributed by atoms with van der Waals surface area (Å²) in [6.45, 7) is 4.52. The Kier molecular flexibility index (Phi) is 6.80. The zero-order valence-electron chi connectivity index (χ0n) is 22.8. The summed E-state index contributed by atoms with van der Waals surface area (Å²) in [7, 11) is 3.10. The molecule has 40 heavy (non-hydrogen) atoms. The molecule has 11 nitrogen and oxygen atoms in total. The number of phenols is 1. The van der Waals surface area contributed by atoms with Crippen LogP contribution in [0.1, 0.15) is 41.9 Å². The van der Waals surface area contributed by atoms with Gasteiger partial charge in [-0.05, 0) is 62.7 Å². The van der Waals surface area contributed by atoms with Gasteiger partial charge in [0, 0.05) is 17.5 Å². The number of hydrogen-bond acceptors (Lipinski definition) is 10. The molecule has 0 aliphatic heterocycles. The van der Waals surface area contributed by atoms with Gasteiger partial charge in [-0.1, -0.05) is 13.8 Å². The van der Waals surface area contributed by atoms with Crippen LogP contribution in [0.5, 0.6) is 5.75 Å². The maximum absolute atomic E-state index is 13.9. The Bertz CT molecular complexity index is 1440. The molecule has 2 aromatic rings. The van der Waals surface area contributed by atoms with E-state index in [1.807, 2.05) is 19.9 Å². The van der Waals surface area contributed by atoms with Crippen LogP contribution in [0.3, 0.4) is 0 Å². The molecule has 6 atom stereocenters. The third-order valence-corrected chi connectivity index (χ3v) is 8.56. The molecule has 3 aliphatic carbocycles. The summed E-state index contributed by atoms with van der Waals surface area (Å²) in [4.78, 5) is 67.9. The lowest BCUT2D eigenvalue weighted by atomic mass is 9.52. The molecule has 3 aliphatic rings. The van der Waals surface area contributed by atoms with Gasteiger partial charge < -0.3 is 25.7 Å². The number of Topliss-reactive ketones (excluding diaryl/α,β-unsaturated/α-hetero) is 4. The predicted molar refractivity (Wildman–Crippen MR) is 141 cm³/mol. The van der Waals surface area contributed by atoms with E-state index >= 15 is 0 Å². The van der Waals surface area contributed by atoms with Crippen LogP contribution in [-0.2, 0) is 32.1 Å². The lowest BCUT2D eigenvalue weighted by Gasteiger charge is -2.52. The zero-order valence-corrected chi connectivity index (χ0v) is 22.8. The quantitative estimate of drug-likeness (QED) is 0.372. The van der Waals surface area contributed by atoms with Crippen molar-refractivity contribution in [3.8, 4) is 17.1 Å². The van der Waals surface area contributed by atoms with Crippen LogP contribution < -0.4 is 11.1 Å². The average molecular weight is 552 g/mol. The Morgan fingerprint density at radius 3 is 2.48 bits per heavy atom. The van der Waals surface area contributed by atoms with Crippen molar-refractivity contribution in [3.63, 3.8) is 0 Å². The van der Waals surface area contributed by atoms with E-state index in [2.05, 4.69) is 5.32 Å². The summed E-state index contributed by atoms with van der Waals surface area (Å²) in [5, 5.41) is 25.7. The second-order valence-electron chi connectivity index (χ2n) is 11.6. The van der Waals surface area contributed by atoms with E-state index < -0.39 is 64.4 Å². The van der Waals surface area contributed by atoms with Gasteiger partial charge in [-0.2, -0.15) is 0 Å². The molecule has 212 valence electrons. The third kappa shape index (κ3) is 4.03. The van der Waals surface area contributed by atoms with Crippen molar-refractivity contribution < 1.29 is 38.6 Å². The minimum absolute atomic E-state index is 0.0132. The molecule has 0 bridgehead atoms. The van der Waals surface area contributed by atoms with Crippen LogP contribution in [0.4, 0.5) is 0 Å². The Hall–Kier alpha value is -3.67. The van der Waals surface area contributed by atoms with Crippen LogP contribution in [-0.4, -0.2) is 75.9 Å². The van der Waals surface area contributed by atoms with Gasteiger partial charge in [0.25, 0.3) is 0 Å². The van der Waals surface area contributed by atoms with Crippen LogP contribution >= 0.6 is 0 Å². The number of nitrogens with zero attached hydrogens (tertiary/aromatic N) is 1. The second kappa shape index (κ2) is 9.76. The second-order valence-corrected chi connectivity index (χ2v) is 11.6. The van der Waals surface area contributed by atoms with Crippen molar-refractivity contribution in [2.45, 2.75) is 50.9 Å². The predicted octanol–water partition coefficient (Wildman–Crippen LogP) is 0.625. The summed E-state index contributed by atoms with van der Waals surface area (Å²) in [5.41, 5.74) is 3.61. The lowest BCUT2D eigenvalue weighted by molar-refractivity contribution is -0.181. The monoisotopic (exact) mass is 551 g/mol. The van der Waals surface area contributed by atoms with Crippen LogP contribution in [0, 0.1) is 23.7 Å². The number of carbonyl (C=O) groups excluding carboxylic acids is 5. The number of amides is 1. The molecule has 2 saturated carbocycles. The molecule has 1 amide bonds. The summed E-state index contributed by atoms with van der Waals surface area (Å²) >= 11 is 0. The molecule has 0 saturated heterocycles. The number of phenolic OH excluding ortho intramolecular Hbond substituents is 1. The molecule has 1 heterocycles. The Morgan fingerprint density at radius 2 is 1.85 bits per heavy atom. The van der Waals surface area contributed by atoms with Crippen molar-refractivity contribution in [1.82, 2.24) is 10.2 Å². The first-order valence-electron chi connectivity index (χ1n) is 13.3. The van der Waals surface area contributed by atoms with Crippen LogP contribution in [0.2, 0.25) is 0 Å². The number of fused-ring (bicyclic) bond motifs is 3. The van der Waals surface area contributed by atoms with Crippen molar-refractivity contribution in [1.29, 1.82) is 0 Å². The number of benzene rings is 1. The SMILES string of the molecule is CC(C)NCc1ccc(-c2ccc(O)c3c2C[C@H]2C[C@H]4[C@@H](N(C)C)C(=O)C(C(N)=O)C(=O)[C@@]4(O)C(=O)C2C3=O)o1. The fraction of sp³-hybridized carbons (Fsp3) is 0.483. The highest BCUT2D eigenvalue weighted by Gasteiger charge is 2.69. The minimum Gasteiger partial charge on any atom is -0.507 e. The molecule has 0 radical (unpaired) electrons. The number of ketones is 4. The van der Waals surface area contributed by atoms with Crippen LogP contribution in [0.15, 0.2) is 28.7 Å². The van der Waals surface area contributed by atoms with E-state index in [1.165, 1.54) is 11.0 Å². The molecule has 1 aromatic carbocycles. The highest BCUT2D eigenvalue weighted by Crippen LogP contribution is 2.51. The van der Waals surface area contributed by atoms with Crippen molar-refractivity contribution in [3.05, 3.63) is 41.2 Å². The smallest absolute Gasteiger partial charge is 0.235 e. The Balaban J connectivity index is 1.59. The number of hydrogen-bond donors (Lipinski definition) is 4. The molecular formula is C29H33N3O8. The van der Waals surface area contributed by atoms with Crippen molar-refractivity contribution >= 4 is 29.0 Å². The van der Waals surface area contributed by atoms with Gasteiger partial charge in [0.15, 0.2) is 34.7 Å². The first kappa shape index (κ1) is 27.9. The van der Waals surface area contributed by atoms with E-state index in [-0.39, 0.29) is 30.2 Å². The van der Waals surface area contributed by atoms with Crippen LogP contribution in [0.25, 0.3) is 11.3 Å². The number of nitrogens with one attached hydrogen (secondary N) is 1. The zero-order chi connectivity index (χ0) is 29.3. The number of nitrogens with two attached hydrogens (primary N) is 1. The standard InChI is InChI=1S/C29H33N3O8/c1-12(2)31-11-14-5-8-19(40-14)15-6-7-18(33)21-16(15)9-13-10-17-23(32(3)4)25(35)22(28(30)38)27(37)29(17,39)26(36)20(13)24(21)34/h5-8,12-13,17,20,22-23,31,33,39H,9-11H2,1-4H3,(H2,30,38)/t13-,17-,20?,22?,23+,29-/m0/s1. The van der Waals surface area contributed by atoms with Gasteiger partial charge in [-0.15, -0.1) is 0 Å². The molecule has 5 N–H and O–H groups in total. The first-order chi connectivity index (χ1) is 18.8. The number of rotatable bonds is 6. The summed E-state index contributed by atoms with van der Waals surface area (Å²) in [6, 6.07) is 5.69. The van der Waals surface area contributed by atoms with Gasteiger partial charge in [0.05, 0.1) is 24.1 Å². The highest BCUT2D eigenvalue weighted by atomic mass is 16.3. The molecule has 2 unspecified atom stereocenters. The number of furan rings is 1. The topological polar surface area (TPSA) is 180 Å². The molecule has 1 aromatic heterocycles. The minimum atomic E-state index is -2.75. The fourth-order valence-corrected chi connectivity index (χ4v) is 6.76. The van der Waals surface area contributed by atoms with Crippen molar-refractivity contribution in [2.24, 2.45) is 29.4 Å². The number of aromatic hydroxyl groups is 1. The summed E-state index contributed by atoms with van der Waals surface area (Å²) in [6.07, 6.45) is 0.149. The maximum atomic E-state index is 13.9. The van der Waals surface area contributed by atoms with E-state index in [9.17, 15) is 34.2 Å². The van der Waals surface area contributed by atoms with E-state index in [0.29, 0.717) is 29.2 Å². The van der Waals surface area contributed by atoms with E-state index in [4.69, 9.17) is 10.2 Å². The number of aliphatic hydroxyl groups is 1. The third-order valence-electron chi connectivity index (χ3n) is 8.56. The van der Waals surface area contributed by atoms with Gasteiger partial charge in [-0.3, -0.25) is 28.9 Å². The fourth-order valence-electron chi connectivity index (χ4n) is 6.76. The van der Waals surface area contributed by atoms with Crippen molar-refractivity contribution in [2.75, 3.05) is 14.1 Å². The molecule has 5 rings (SSSR count). The van der Waals surface area contributed by atoms with E-state index in [0.717, 1.165) is 0 Å². The molecular weight excluding hydrogens is 518 g/mol. The molecule has 11 heteroatoms. The van der Waals surface area contributed by atoms with Gasteiger partial charge >= 0.3 is 0 Å². The molecule has 2 fully saturated rings. The normalized spacial score (nSPS) is 29.9. The number of carbonyl (C=O) groups is 5. The van der Waals surface area contributed by atoms with E-state index in [1.54, 1.807) is 26.2 Å². The summed E-state index contributed by atoms with van der Waals surface area (Å²) in [5.74, 6) is -9.56. The Morgan fingerprint density at radius 1 is 1.15 bits per heavy atom. The van der Waals surface area contributed by atoms with Gasteiger partial charge in [-0.25, -0.2) is 0 Å².